The topological polar surface area (TPSA) is 57.2 Å². The molecular formula is C24H35KO3S. The van der Waals surface area contributed by atoms with Crippen LogP contribution in [0.4, 0.5) is 0 Å². The Kier molecular flexibility index (Phi) is 13.5. The molecular weight excluding hydrogens is 407 g/mol. The fourth-order valence-corrected chi connectivity index (χ4v) is 4.70. The van der Waals surface area contributed by atoms with Crippen LogP contribution in [0.1, 0.15) is 89.2 Å². The van der Waals surface area contributed by atoms with Gasteiger partial charge in [0.05, 0.1) is 4.90 Å². The first-order chi connectivity index (χ1) is 13.5. The quantitative estimate of drug-likeness (QED) is 0.269. The number of rotatable bonds is 13. The second-order valence-corrected chi connectivity index (χ2v) is 9.24. The molecule has 0 fully saturated rings. The van der Waals surface area contributed by atoms with Crippen LogP contribution in [0.5, 0.6) is 0 Å². The molecule has 0 saturated heterocycles. The van der Waals surface area contributed by atoms with Gasteiger partial charge in [-0.3, -0.25) is 0 Å². The van der Waals surface area contributed by atoms with Gasteiger partial charge in [-0.1, -0.05) is 89.5 Å². The van der Waals surface area contributed by atoms with Gasteiger partial charge in [-0.05, 0) is 48.3 Å². The van der Waals surface area contributed by atoms with Gasteiger partial charge in [0.25, 0.3) is 0 Å². The zero-order valence-electron chi connectivity index (χ0n) is 18.5. The Labute approximate surface area is 220 Å². The Bertz CT molecular complexity index is 847. The van der Waals surface area contributed by atoms with E-state index in [0.29, 0.717) is 5.39 Å². The van der Waals surface area contributed by atoms with Crippen LogP contribution in [0.15, 0.2) is 35.2 Å². The van der Waals surface area contributed by atoms with Gasteiger partial charge in [0.1, 0.15) is 10.1 Å². The Balaban J connectivity index is 0.00000420. The van der Waals surface area contributed by atoms with Crippen LogP contribution in [0.25, 0.3) is 10.8 Å². The first-order valence-corrected chi connectivity index (χ1v) is 12.4. The van der Waals surface area contributed by atoms with Crippen molar-refractivity contribution >= 4 is 20.9 Å². The van der Waals surface area contributed by atoms with Crippen molar-refractivity contribution in [3.63, 3.8) is 0 Å². The second kappa shape index (κ2) is 14.3. The molecule has 0 N–H and O–H groups in total. The largest absolute Gasteiger partial charge is 1.00 e. The van der Waals surface area contributed by atoms with Crippen molar-refractivity contribution in [2.45, 2.75) is 95.8 Å². The summed E-state index contributed by atoms with van der Waals surface area (Å²) in [6, 6.07) is 9.30. The molecule has 0 radical (unpaired) electrons. The molecule has 0 heterocycles. The number of unbranched alkanes of at least 4 members (excludes halogenated alkanes) is 8. The standard InChI is InChI=1S/C24H36O3S.K/c1-3-5-7-9-11-14-20-18-21(15-12-10-8-6-4-2)24-22(19-20)16-13-17-23(24)28(25,26)27;/h13,16-19H,3-12,14-15H2,1-2H3,(H,25,26,27);/q;+1/p-1. The van der Waals surface area contributed by atoms with Crippen molar-refractivity contribution in [2.24, 2.45) is 0 Å². The molecule has 0 spiro atoms. The zero-order chi connectivity index (χ0) is 20.4. The van der Waals surface area contributed by atoms with E-state index in [4.69, 9.17) is 0 Å². The third kappa shape index (κ3) is 9.10. The Morgan fingerprint density at radius 1 is 0.793 bits per heavy atom. The maximum atomic E-state index is 11.8. The van der Waals surface area contributed by atoms with Gasteiger partial charge in [-0.15, -0.1) is 0 Å². The molecule has 156 valence electrons. The van der Waals surface area contributed by atoms with E-state index < -0.39 is 10.1 Å². The molecule has 0 aliphatic heterocycles. The summed E-state index contributed by atoms with van der Waals surface area (Å²) >= 11 is 0. The van der Waals surface area contributed by atoms with E-state index in [0.717, 1.165) is 43.1 Å². The monoisotopic (exact) mass is 442 g/mol. The second-order valence-electron chi connectivity index (χ2n) is 7.89. The summed E-state index contributed by atoms with van der Waals surface area (Å²) in [5.74, 6) is 0. The maximum absolute atomic E-state index is 11.8. The molecule has 0 atom stereocenters. The van der Waals surface area contributed by atoms with E-state index in [9.17, 15) is 13.0 Å². The third-order valence-corrected chi connectivity index (χ3v) is 6.35. The number of aryl methyl sites for hydroxylation is 2. The van der Waals surface area contributed by atoms with Crippen LogP contribution in [0.3, 0.4) is 0 Å². The smallest absolute Gasteiger partial charge is 0.744 e. The van der Waals surface area contributed by atoms with E-state index in [2.05, 4.69) is 26.0 Å². The van der Waals surface area contributed by atoms with Gasteiger partial charge in [0, 0.05) is 5.39 Å². The molecule has 2 aromatic rings. The summed E-state index contributed by atoms with van der Waals surface area (Å²) < 4.78 is 35.4. The molecule has 0 amide bonds. The van der Waals surface area contributed by atoms with Crippen molar-refractivity contribution in [2.75, 3.05) is 0 Å². The van der Waals surface area contributed by atoms with E-state index in [1.807, 2.05) is 6.07 Å². The average Bonchev–Trinajstić information content (AvgIpc) is 2.66. The first-order valence-electron chi connectivity index (χ1n) is 11.0. The molecule has 2 rings (SSSR count). The third-order valence-electron chi connectivity index (χ3n) is 5.47. The van der Waals surface area contributed by atoms with Crippen molar-refractivity contribution in [1.29, 1.82) is 0 Å². The van der Waals surface area contributed by atoms with Gasteiger partial charge in [-0.2, -0.15) is 0 Å². The minimum Gasteiger partial charge on any atom is -0.744 e. The Hall–Kier alpha value is 0.246. The van der Waals surface area contributed by atoms with Gasteiger partial charge in [-0.25, -0.2) is 8.42 Å². The first kappa shape index (κ1) is 27.3. The Morgan fingerprint density at radius 3 is 1.97 bits per heavy atom. The molecule has 0 saturated carbocycles. The van der Waals surface area contributed by atoms with Crippen molar-refractivity contribution < 1.29 is 64.4 Å². The summed E-state index contributed by atoms with van der Waals surface area (Å²) in [4.78, 5) is -0.0666. The minimum absolute atomic E-state index is 0. The number of benzene rings is 2. The van der Waals surface area contributed by atoms with Crippen LogP contribution in [-0.2, 0) is 23.0 Å². The molecule has 0 bridgehead atoms. The predicted octanol–water partition coefficient (Wildman–Crippen LogP) is 3.77. The molecule has 5 heteroatoms. The predicted molar refractivity (Wildman–Crippen MR) is 117 cm³/mol. The van der Waals surface area contributed by atoms with Gasteiger partial charge in [0.2, 0.25) is 0 Å². The fourth-order valence-electron chi connectivity index (χ4n) is 3.95. The molecule has 0 unspecified atom stereocenters. The van der Waals surface area contributed by atoms with Crippen molar-refractivity contribution in [3.8, 4) is 0 Å². The maximum Gasteiger partial charge on any atom is 1.00 e. The van der Waals surface area contributed by atoms with Gasteiger partial charge in [0.15, 0.2) is 0 Å². The zero-order valence-corrected chi connectivity index (χ0v) is 22.4. The number of hydrogen-bond acceptors (Lipinski definition) is 3. The molecule has 0 aliphatic rings. The minimum atomic E-state index is -4.48. The van der Waals surface area contributed by atoms with Crippen LogP contribution in [0, 0.1) is 0 Å². The van der Waals surface area contributed by atoms with E-state index in [1.165, 1.54) is 56.6 Å². The summed E-state index contributed by atoms with van der Waals surface area (Å²) in [5.41, 5.74) is 2.28. The molecule has 3 nitrogen and oxygen atoms in total. The fraction of sp³-hybridized carbons (Fsp3) is 0.583. The molecule has 29 heavy (non-hydrogen) atoms. The van der Waals surface area contributed by atoms with Gasteiger partial charge < -0.3 is 4.55 Å². The summed E-state index contributed by atoms with van der Waals surface area (Å²) in [6.07, 6.45) is 13.8. The summed E-state index contributed by atoms with van der Waals surface area (Å²) in [7, 11) is -4.48. The summed E-state index contributed by atoms with van der Waals surface area (Å²) in [6.45, 7) is 4.42. The number of hydrogen-bond donors (Lipinski definition) is 0. The van der Waals surface area contributed by atoms with Crippen LogP contribution >= 0.6 is 0 Å². The molecule has 0 aromatic heterocycles. The van der Waals surface area contributed by atoms with Gasteiger partial charge >= 0.3 is 51.4 Å². The normalized spacial score (nSPS) is 11.6. The SMILES string of the molecule is CCCCCCCc1cc(CCCCCCC)c2c(S(=O)(=O)[O-])cccc2c1.[K+]. The van der Waals surface area contributed by atoms with Crippen LogP contribution in [-0.4, -0.2) is 13.0 Å². The van der Waals surface area contributed by atoms with E-state index in [1.54, 1.807) is 6.07 Å². The van der Waals surface area contributed by atoms with E-state index in [-0.39, 0.29) is 56.3 Å². The van der Waals surface area contributed by atoms with Crippen molar-refractivity contribution in [1.82, 2.24) is 0 Å². The van der Waals surface area contributed by atoms with Crippen molar-refractivity contribution in [3.05, 3.63) is 41.5 Å². The average molecular weight is 443 g/mol. The summed E-state index contributed by atoms with van der Waals surface area (Å²) in [5, 5.41) is 1.52. The molecule has 2 aromatic carbocycles. The number of fused-ring (bicyclic) bond motifs is 1. The Morgan fingerprint density at radius 2 is 1.38 bits per heavy atom. The van der Waals surface area contributed by atoms with Crippen LogP contribution < -0.4 is 51.4 Å². The molecule has 0 aliphatic carbocycles. The van der Waals surface area contributed by atoms with E-state index >= 15 is 0 Å². The van der Waals surface area contributed by atoms with Crippen LogP contribution in [0.2, 0.25) is 0 Å².